The molecule has 2 rings (SSSR count). The number of anilines is 1. The molecular formula is C15H12Cl3NOS. The van der Waals surface area contributed by atoms with E-state index in [1.165, 1.54) is 0 Å². The third-order valence-corrected chi connectivity index (χ3v) is 4.43. The lowest BCUT2D eigenvalue weighted by Gasteiger charge is -2.07. The summed E-state index contributed by atoms with van der Waals surface area (Å²) in [7, 11) is 0. The third-order valence-electron chi connectivity index (χ3n) is 2.62. The second kappa shape index (κ2) is 7.95. The number of thioether (sulfide) groups is 1. The standard InChI is InChI=1S/C15H12Cl3NOS/c16-10-1-4-12(5-2-10)21-8-7-15(20)19-14-6-3-11(17)9-13(14)18/h1-6,9H,7-8H2,(H,19,20). The van der Waals surface area contributed by atoms with Crippen LogP contribution in [0.3, 0.4) is 0 Å². The minimum absolute atomic E-state index is 0.0827. The fraction of sp³-hybridized carbons (Fsp3) is 0.133. The Bertz CT molecular complexity index is 631. The van der Waals surface area contributed by atoms with Crippen LogP contribution in [0.4, 0.5) is 5.69 Å². The van der Waals surface area contributed by atoms with E-state index in [1.807, 2.05) is 24.3 Å². The van der Waals surface area contributed by atoms with Crippen LogP contribution in [0.5, 0.6) is 0 Å². The van der Waals surface area contributed by atoms with Crippen LogP contribution in [-0.2, 0) is 4.79 Å². The maximum Gasteiger partial charge on any atom is 0.225 e. The molecule has 0 bridgehead atoms. The fourth-order valence-electron chi connectivity index (χ4n) is 1.60. The summed E-state index contributed by atoms with van der Waals surface area (Å²) in [6.45, 7) is 0. The lowest BCUT2D eigenvalue weighted by molar-refractivity contribution is -0.115. The highest BCUT2D eigenvalue weighted by atomic mass is 35.5. The van der Waals surface area contributed by atoms with Crippen molar-refractivity contribution in [1.82, 2.24) is 0 Å². The predicted molar refractivity (Wildman–Crippen MR) is 91.9 cm³/mol. The van der Waals surface area contributed by atoms with Gasteiger partial charge in [-0.3, -0.25) is 4.79 Å². The average molecular weight is 361 g/mol. The number of carbonyl (C=O) groups excluding carboxylic acids is 1. The van der Waals surface area contributed by atoms with Gasteiger partial charge in [0.2, 0.25) is 5.91 Å². The van der Waals surface area contributed by atoms with Crippen LogP contribution < -0.4 is 5.32 Å². The Morgan fingerprint density at radius 1 is 1.00 bits per heavy atom. The van der Waals surface area contributed by atoms with Crippen LogP contribution in [0.15, 0.2) is 47.4 Å². The second-order valence-electron chi connectivity index (χ2n) is 4.22. The summed E-state index contributed by atoms with van der Waals surface area (Å²) < 4.78 is 0. The van der Waals surface area contributed by atoms with Gasteiger partial charge in [0.25, 0.3) is 0 Å². The largest absolute Gasteiger partial charge is 0.325 e. The zero-order valence-electron chi connectivity index (χ0n) is 10.9. The van der Waals surface area contributed by atoms with Crippen molar-refractivity contribution in [3.63, 3.8) is 0 Å². The first-order chi connectivity index (χ1) is 10.0. The van der Waals surface area contributed by atoms with Gasteiger partial charge in [0, 0.05) is 27.1 Å². The van der Waals surface area contributed by atoms with Crippen molar-refractivity contribution in [3.8, 4) is 0 Å². The van der Waals surface area contributed by atoms with Gasteiger partial charge in [-0.25, -0.2) is 0 Å². The highest BCUT2D eigenvalue weighted by Gasteiger charge is 2.06. The molecule has 2 nitrogen and oxygen atoms in total. The predicted octanol–water partition coefficient (Wildman–Crippen LogP) is 5.77. The van der Waals surface area contributed by atoms with E-state index >= 15 is 0 Å². The molecule has 110 valence electrons. The molecule has 0 fully saturated rings. The summed E-state index contributed by atoms with van der Waals surface area (Å²) in [5.41, 5.74) is 0.572. The molecule has 0 atom stereocenters. The molecule has 0 saturated carbocycles. The summed E-state index contributed by atoms with van der Waals surface area (Å²) in [6, 6.07) is 12.5. The quantitative estimate of drug-likeness (QED) is 0.686. The zero-order chi connectivity index (χ0) is 15.2. The van der Waals surface area contributed by atoms with Crippen LogP contribution in [0.1, 0.15) is 6.42 Å². The molecule has 2 aromatic carbocycles. The number of carbonyl (C=O) groups is 1. The summed E-state index contributed by atoms with van der Waals surface area (Å²) in [5, 5.41) is 4.44. The first kappa shape index (κ1) is 16.5. The van der Waals surface area contributed by atoms with E-state index in [9.17, 15) is 4.79 Å². The molecule has 0 aliphatic heterocycles. The van der Waals surface area contributed by atoms with Crippen molar-refractivity contribution in [2.75, 3.05) is 11.1 Å². The Morgan fingerprint density at radius 3 is 2.33 bits per heavy atom. The zero-order valence-corrected chi connectivity index (χ0v) is 14.0. The average Bonchev–Trinajstić information content (AvgIpc) is 2.44. The van der Waals surface area contributed by atoms with Gasteiger partial charge in [-0.15, -0.1) is 11.8 Å². The maximum absolute atomic E-state index is 11.9. The van der Waals surface area contributed by atoms with Gasteiger partial charge in [-0.1, -0.05) is 34.8 Å². The van der Waals surface area contributed by atoms with Crippen LogP contribution >= 0.6 is 46.6 Å². The fourth-order valence-corrected chi connectivity index (χ4v) is 3.03. The molecule has 0 unspecified atom stereocenters. The van der Waals surface area contributed by atoms with Crippen molar-refractivity contribution in [1.29, 1.82) is 0 Å². The number of hydrogen-bond donors (Lipinski definition) is 1. The lowest BCUT2D eigenvalue weighted by atomic mass is 10.3. The summed E-state index contributed by atoms with van der Waals surface area (Å²) in [6.07, 6.45) is 0.395. The summed E-state index contributed by atoms with van der Waals surface area (Å²) in [5.74, 6) is 0.597. The van der Waals surface area contributed by atoms with E-state index in [1.54, 1.807) is 30.0 Å². The molecule has 0 aromatic heterocycles. The third kappa shape index (κ3) is 5.44. The van der Waals surface area contributed by atoms with Crippen molar-refractivity contribution in [2.24, 2.45) is 0 Å². The summed E-state index contributed by atoms with van der Waals surface area (Å²) in [4.78, 5) is 12.9. The Morgan fingerprint density at radius 2 is 1.67 bits per heavy atom. The Labute approximate surface area is 142 Å². The molecule has 1 amide bonds. The maximum atomic E-state index is 11.9. The highest BCUT2D eigenvalue weighted by Crippen LogP contribution is 2.26. The van der Waals surface area contributed by atoms with Gasteiger partial charge in [0.1, 0.15) is 0 Å². The Kier molecular flexibility index (Phi) is 6.24. The van der Waals surface area contributed by atoms with E-state index < -0.39 is 0 Å². The first-order valence-corrected chi connectivity index (χ1v) is 8.30. The van der Waals surface area contributed by atoms with Crippen LogP contribution in [0.25, 0.3) is 0 Å². The molecule has 0 heterocycles. The second-order valence-corrected chi connectivity index (χ2v) is 6.67. The number of nitrogens with one attached hydrogen (secondary N) is 1. The molecular weight excluding hydrogens is 349 g/mol. The number of hydrogen-bond acceptors (Lipinski definition) is 2. The topological polar surface area (TPSA) is 29.1 Å². The van der Waals surface area contributed by atoms with E-state index in [0.29, 0.717) is 32.9 Å². The monoisotopic (exact) mass is 359 g/mol. The molecule has 2 aromatic rings. The van der Waals surface area contributed by atoms with Gasteiger partial charge in [0.05, 0.1) is 10.7 Å². The van der Waals surface area contributed by atoms with E-state index in [-0.39, 0.29) is 5.91 Å². The van der Waals surface area contributed by atoms with Crippen molar-refractivity contribution >= 4 is 58.2 Å². The van der Waals surface area contributed by atoms with Crippen LogP contribution in [0.2, 0.25) is 15.1 Å². The Balaban J connectivity index is 1.81. The normalized spacial score (nSPS) is 10.4. The minimum atomic E-state index is -0.0827. The van der Waals surface area contributed by atoms with Gasteiger partial charge in [0.15, 0.2) is 0 Å². The van der Waals surface area contributed by atoms with E-state index in [0.717, 1.165) is 4.90 Å². The molecule has 0 aliphatic rings. The number of rotatable bonds is 5. The molecule has 0 saturated heterocycles. The van der Waals surface area contributed by atoms with Crippen LogP contribution in [0, 0.1) is 0 Å². The van der Waals surface area contributed by atoms with E-state index in [2.05, 4.69) is 5.32 Å². The molecule has 6 heteroatoms. The molecule has 0 aliphatic carbocycles. The van der Waals surface area contributed by atoms with Crippen molar-refractivity contribution in [3.05, 3.63) is 57.5 Å². The SMILES string of the molecule is O=C(CCSc1ccc(Cl)cc1)Nc1ccc(Cl)cc1Cl. The van der Waals surface area contributed by atoms with Gasteiger partial charge in [-0.05, 0) is 42.5 Å². The molecule has 0 radical (unpaired) electrons. The Hall–Kier alpha value is -0.870. The molecule has 21 heavy (non-hydrogen) atoms. The number of halogens is 3. The van der Waals surface area contributed by atoms with Crippen molar-refractivity contribution < 1.29 is 4.79 Å². The van der Waals surface area contributed by atoms with Gasteiger partial charge < -0.3 is 5.32 Å². The summed E-state index contributed by atoms with van der Waals surface area (Å²) >= 11 is 19.2. The molecule has 1 N–H and O–H groups in total. The number of amides is 1. The van der Waals surface area contributed by atoms with E-state index in [4.69, 9.17) is 34.8 Å². The highest BCUT2D eigenvalue weighted by molar-refractivity contribution is 7.99. The minimum Gasteiger partial charge on any atom is -0.325 e. The lowest BCUT2D eigenvalue weighted by Crippen LogP contribution is -2.12. The molecule has 0 spiro atoms. The smallest absolute Gasteiger partial charge is 0.225 e. The first-order valence-electron chi connectivity index (χ1n) is 6.18. The van der Waals surface area contributed by atoms with Gasteiger partial charge in [-0.2, -0.15) is 0 Å². The number of benzene rings is 2. The van der Waals surface area contributed by atoms with Crippen LogP contribution in [-0.4, -0.2) is 11.7 Å². The van der Waals surface area contributed by atoms with Crippen molar-refractivity contribution in [2.45, 2.75) is 11.3 Å². The van der Waals surface area contributed by atoms with Gasteiger partial charge >= 0.3 is 0 Å².